The molecule has 23 heavy (non-hydrogen) atoms. The highest BCUT2D eigenvalue weighted by molar-refractivity contribution is 7.92. The van der Waals surface area contributed by atoms with Crippen molar-refractivity contribution in [3.05, 3.63) is 42.0 Å². The van der Waals surface area contributed by atoms with Gasteiger partial charge in [0.25, 0.3) is 0 Å². The summed E-state index contributed by atoms with van der Waals surface area (Å²) in [7, 11) is -2.93. The number of aromatic nitrogens is 3. The zero-order valence-corrected chi connectivity index (χ0v) is 14.3. The fourth-order valence-electron chi connectivity index (χ4n) is 2.94. The first-order valence-corrected chi connectivity index (χ1v) is 9.56. The van der Waals surface area contributed by atoms with Crippen molar-refractivity contribution in [3.63, 3.8) is 0 Å². The Hall–Kier alpha value is -1.73. The Bertz CT molecular complexity index is 771. The van der Waals surface area contributed by atoms with Crippen LogP contribution in [0.2, 0.25) is 0 Å². The first-order valence-electron chi connectivity index (χ1n) is 7.84. The summed E-state index contributed by atoms with van der Waals surface area (Å²) in [6, 6.07) is 6.25. The summed E-state index contributed by atoms with van der Waals surface area (Å²) in [6.07, 6.45) is 3.91. The molecule has 1 aliphatic heterocycles. The summed E-state index contributed by atoms with van der Waals surface area (Å²) in [4.78, 5) is 6.20. The van der Waals surface area contributed by atoms with Gasteiger partial charge in [-0.3, -0.25) is 4.90 Å². The van der Waals surface area contributed by atoms with Crippen LogP contribution in [-0.2, 0) is 16.4 Å². The van der Waals surface area contributed by atoms with Gasteiger partial charge in [0.2, 0.25) is 0 Å². The van der Waals surface area contributed by atoms with Crippen molar-refractivity contribution in [2.24, 2.45) is 0 Å². The lowest BCUT2D eigenvalue weighted by atomic mass is 10.1. The maximum Gasteiger partial charge on any atom is 0.154 e. The monoisotopic (exact) mass is 334 g/mol. The molecule has 124 valence electrons. The molecule has 1 saturated heterocycles. The van der Waals surface area contributed by atoms with E-state index in [4.69, 9.17) is 0 Å². The Kier molecular flexibility index (Phi) is 4.50. The van der Waals surface area contributed by atoms with Gasteiger partial charge < -0.3 is 0 Å². The fraction of sp³-hybridized carbons (Fsp3) is 0.500. The number of rotatable bonds is 3. The van der Waals surface area contributed by atoms with Crippen molar-refractivity contribution in [2.45, 2.75) is 32.1 Å². The molecule has 0 amide bonds. The molecular formula is C16H22N4O2S. The summed E-state index contributed by atoms with van der Waals surface area (Å²) in [5, 5.41) is 3.93. The first-order chi connectivity index (χ1) is 11.0. The maximum absolute atomic E-state index is 12.0. The highest BCUT2D eigenvalue weighted by Crippen LogP contribution is 2.18. The van der Waals surface area contributed by atoms with E-state index in [1.807, 2.05) is 13.0 Å². The molecule has 1 aromatic heterocycles. The van der Waals surface area contributed by atoms with Crippen LogP contribution in [0.3, 0.4) is 0 Å². The third-order valence-corrected chi connectivity index (χ3v) is 6.70. The topological polar surface area (TPSA) is 68.1 Å². The molecule has 6 nitrogen and oxygen atoms in total. The second-order valence-corrected chi connectivity index (χ2v) is 8.74. The van der Waals surface area contributed by atoms with Gasteiger partial charge in [-0.05, 0) is 44.0 Å². The minimum absolute atomic E-state index is 0.232. The van der Waals surface area contributed by atoms with Gasteiger partial charge in [0.15, 0.2) is 9.84 Å². The highest BCUT2D eigenvalue weighted by Gasteiger charge is 2.26. The van der Waals surface area contributed by atoms with Crippen molar-refractivity contribution in [1.29, 1.82) is 0 Å². The van der Waals surface area contributed by atoms with E-state index in [1.165, 1.54) is 11.9 Å². The van der Waals surface area contributed by atoms with E-state index in [9.17, 15) is 8.42 Å². The Morgan fingerprint density at radius 3 is 2.83 bits per heavy atom. The number of sulfone groups is 1. The van der Waals surface area contributed by atoms with E-state index >= 15 is 0 Å². The lowest BCUT2D eigenvalue weighted by Crippen LogP contribution is -2.26. The maximum atomic E-state index is 12.0. The largest absolute Gasteiger partial charge is 0.298 e. The normalized spacial score (nSPS) is 21.9. The Balaban J connectivity index is 1.72. The molecule has 1 fully saturated rings. The molecule has 0 N–H and O–H groups in total. The second kappa shape index (κ2) is 6.41. The van der Waals surface area contributed by atoms with Crippen molar-refractivity contribution >= 4 is 9.84 Å². The van der Waals surface area contributed by atoms with Crippen LogP contribution in [0.15, 0.2) is 30.9 Å². The van der Waals surface area contributed by atoms with Gasteiger partial charge in [0, 0.05) is 13.1 Å². The average molecular weight is 334 g/mol. The molecule has 1 aliphatic rings. The predicted molar refractivity (Wildman–Crippen MR) is 89.2 cm³/mol. The van der Waals surface area contributed by atoms with E-state index < -0.39 is 9.84 Å². The Morgan fingerprint density at radius 2 is 2.13 bits per heavy atom. The lowest BCUT2D eigenvalue weighted by Gasteiger charge is -2.20. The van der Waals surface area contributed by atoms with Gasteiger partial charge in [0.1, 0.15) is 12.7 Å². The van der Waals surface area contributed by atoms with E-state index in [0.29, 0.717) is 13.0 Å². The molecule has 2 aromatic rings. The average Bonchev–Trinajstić information content (AvgIpc) is 2.99. The smallest absolute Gasteiger partial charge is 0.154 e. The van der Waals surface area contributed by atoms with Gasteiger partial charge in [-0.15, -0.1) is 0 Å². The number of benzene rings is 1. The fourth-order valence-corrected chi connectivity index (χ4v) is 4.31. The minimum Gasteiger partial charge on any atom is -0.298 e. The van der Waals surface area contributed by atoms with Gasteiger partial charge in [-0.1, -0.05) is 12.1 Å². The van der Waals surface area contributed by atoms with Crippen LogP contribution >= 0.6 is 0 Å². The second-order valence-electron chi connectivity index (χ2n) is 6.20. The highest BCUT2D eigenvalue weighted by atomic mass is 32.2. The van der Waals surface area contributed by atoms with Gasteiger partial charge in [0.05, 0.1) is 16.7 Å². The number of aryl methyl sites for hydroxylation is 1. The van der Waals surface area contributed by atoms with Crippen molar-refractivity contribution in [2.75, 3.05) is 18.8 Å². The Labute approximate surface area is 137 Å². The molecule has 0 spiro atoms. The minimum atomic E-state index is -2.93. The SMILES string of the molecule is Cc1cc(CN2CC[C@@H](C)S(=O)(=O)CC2)ccc1-n1cncn1. The van der Waals surface area contributed by atoms with E-state index in [-0.39, 0.29) is 11.0 Å². The zero-order chi connectivity index (χ0) is 16.4. The molecule has 7 heteroatoms. The van der Waals surface area contributed by atoms with Crippen LogP contribution in [0, 0.1) is 6.92 Å². The van der Waals surface area contributed by atoms with Crippen LogP contribution in [-0.4, -0.2) is 52.2 Å². The lowest BCUT2D eigenvalue weighted by molar-refractivity contribution is 0.283. The van der Waals surface area contributed by atoms with Crippen molar-refractivity contribution < 1.29 is 8.42 Å². The standard InChI is InChI=1S/C16H22N4O2S/c1-13-9-15(3-4-16(13)20-12-17-11-18-20)10-19-6-5-14(2)23(21,22)8-7-19/h3-4,9,11-12,14H,5-8,10H2,1-2H3/t14-/m1/s1. The predicted octanol–water partition coefficient (Wildman–Crippen LogP) is 1.58. The molecule has 0 saturated carbocycles. The van der Waals surface area contributed by atoms with Crippen LogP contribution in [0.5, 0.6) is 0 Å². The number of hydrogen-bond acceptors (Lipinski definition) is 5. The van der Waals surface area contributed by atoms with E-state index in [0.717, 1.165) is 24.3 Å². The van der Waals surface area contributed by atoms with Crippen LogP contribution in [0.25, 0.3) is 5.69 Å². The molecule has 0 unspecified atom stereocenters. The van der Waals surface area contributed by atoms with Gasteiger partial charge in [-0.25, -0.2) is 18.1 Å². The quantitative estimate of drug-likeness (QED) is 0.852. The molecule has 2 heterocycles. The zero-order valence-electron chi connectivity index (χ0n) is 13.5. The van der Waals surface area contributed by atoms with Crippen LogP contribution in [0.1, 0.15) is 24.5 Å². The molecule has 1 atom stereocenters. The molecule has 0 radical (unpaired) electrons. The third-order valence-electron chi connectivity index (χ3n) is 4.49. The van der Waals surface area contributed by atoms with Crippen molar-refractivity contribution in [3.8, 4) is 5.69 Å². The molecule has 0 bridgehead atoms. The Morgan fingerprint density at radius 1 is 1.30 bits per heavy atom. The molecule has 0 aliphatic carbocycles. The van der Waals surface area contributed by atoms with E-state index in [1.54, 1.807) is 11.0 Å². The summed E-state index contributed by atoms with van der Waals surface area (Å²) in [5.74, 6) is 0.254. The molecule has 1 aromatic carbocycles. The summed E-state index contributed by atoms with van der Waals surface area (Å²) in [5.41, 5.74) is 3.33. The number of nitrogens with zero attached hydrogens (tertiary/aromatic N) is 4. The van der Waals surface area contributed by atoms with Gasteiger partial charge in [-0.2, -0.15) is 5.10 Å². The first kappa shape index (κ1) is 16.1. The van der Waals surface area contributed by atoms with Crippen molar-refractivity contribution in [1.82, 2.24) is 19.7 Å². The number of hydrogen-bond donors (Lipinski definition) is 0. The van der Waals surface area contributed by atoms with Gasteiger partial charge >= 0.3 is 0 Å². The summed E-state index contributed by atoms with van der Waals surface area (Å²) >= 11 is 0. The molecular weight excluding hydrogens is 312 g/mol. The third kappa shape index (κ3) is 3.61. The molecule has 3 rings (SSSR count). The van der Waals surface area contributed by atoms with E-state index in [2.05, 4.69) is 34.0 Å². The van der Waals surface area contributed by atoms with Crippen LogP contribution in [0.4, 0.5) is 0 Å². The van der Waals surface area contributed by atoms with Crippen LogP contribution < -0.4 is 0 Å². The summed E-state index contributed by atoms with van der Waals surface area (Å²) < 4.78 is 25.7. The summed E-state index contributed by atoms with van der Waals surface area (Å²) in [6.45, 7) is 6.08.